The minimum absolute atomic E-state index is 0.0298. The Morgan fingerprint density at radius 1 is 1.15 bits per heavy atom. The Bertz CT molecular complexity index is 771. The van der Waals surface area contributed by atoms with Crippen LogP contribution in [0.25, 0.3) is 0 Å². The summed E-state index contributed by atoms with van der Waals surface area (Å²) in [7, 11) is 0. The lowest BCUT2D eigenvalue weighted by Crippen LogP contribution is -2.13. The van der Waals surface area contributed by atoms with E-state index in [1.807, 2.05) is 43.3 Å². The van der Waals surface area contributed by atoms with Gasteiger partial charge >= 0.3 is 0 Å². The van der Waals surface area contributed by atoms with Crippen LogP contribution in [0, 0.1) is 6.92 Å². The second-order valence-electron chi connectivity index (χ2n) is 5.61. The number of nitrogens with zero attached hydrogens (tertiary/aromatic N) is 2. The number of rotatable bonds is 9. The van der Waals surface area contributed by atoms with Crippen LogP contribution in [-0.4, -0.2) is 19.7 Å². The summed E-state index contributed by atoms with van der Waals surface area (Å²) in [4.78, 5) is 7.57. The van der Waals surface area contributed by atoms with Crippen LogP contribution in [0.15, 0.2) is 70.2 Å². The molecular formula is C20H21ClFN3O. The molecule has 6 heteroatoms. The zero-order chi connectivity index (χ0) is 18.8. The predicted octanol–water partition coefficient (Wildman–Crippen LogP) is 4.82. The van der Waals surface area contributed by atoms with E-state index in [0.29, 0.717) is 18.2 Å². The molecule has 0 radical (unpaired) electrons. The molecule has 0 fully saturated rings. The van der Waals surface area contributed by atoms with Crippen LogP contribution in [0.5, 0.6) is 0 Å². The van der Waals surface area contributed by atoms with Crippen LogP contribution in [0.3, 0.4) is 0 Å². The number of ether oxygens (including phenoxy) is 1. The lowest BCUT2D eigenvalue weighted by atomic mass is 10.2. The zero-order valence-electron chi connectivity index (χ0n) is 14.6. The number of halogens is 2. The standard InChI is InChI=1S/C20H21ClFN3O/c1-15-3-5-17(6-4-15)13-26-14-24-12-19(22)20(23-2)25-11-16-7-9-18(21)10-8-16/h3-10,12,25H,2,11,13-14H2,1H3/b20-19-,24-12-. The number of allylic oxidation sites excluding steroid dienone is 1. The molecule has 136 valence electrons. The van der Waals surface area contributed by atoms with Crippen molar-refractivity contribution < 1.29 is 9.13 Å². The average molecular weight is 374 g/mol. The molecule has 0 aliphatic rings. The van der Waals surface area contributed by atoms with Gasteiger partial charge in [-0.2, -0.15) is 0 Å². The van der Waals surface area contributed by atoms with Gasteiger partial charge in [0.2, 0.25) is 0 Å². The van der Waals surface area contributed by atoms with Crippen LogP contribution >= 0.6 is 11.6 Å². The van der Waals surface area contributed by atoms with Gasteiger partial charge in [0.1, 0.15) is 6.73 Å². The van der Waals surface area contributed by atoms with E-state index in [0.717, 1.165) is 17.3 Å². The Kier molecular flexibility index (Phi) is 7.99. The fourth-order valence-electron chi connectivity index (χ4n) is 2.08. The van der Waals surface area contributed by atoms with E-state index < -0.39 is 5.83 Å². The number of nitrogens with one attached hydrogen (secondary N) is 1. The van der Waals surface area contributed by atoms with Crippen molar-refractivity contribution in [3.05, 3.63) is 81.9 Å². The van der Waals surface area contributed by atoms with Crippen molar-refractivity contribution in [1.29, 1.82) is 0 Å². The number of aliphatic imine (C=N–C) groups is 2. The van der Waals surface area contributed by atoms with Crippen molar-refractivity contribution in [2.45, 2.75) is 20.1 Å². The Balaban J connectivity index is 1.80. The summed E-state index contributed by atoms with van der Waals surface area (Å²) in [6, 6.07) is 15.2. The predicted molar refractivity (Wildman–Crippen MR) is 105 cm³/mol. The summed E-state index contributed by atoms with van der Waals surface area (Å²) in [6.45, 7) is 6.28. The van der Waals surface area contributed by atoms with Crippen molar-refractivity contribution in [1.82, 2.24) is 5.32 Å². The van der Waals surface area contributed by atoms with Gasteiger partial charge in [-0.15, -0.1) is 0 Å². The van der Waals surface area contributed by atoms with Gasteiger partial charge in [-0.05, 0) is 36.9 Å². The van der Waals surface area contributed by atoms with Crippen molar-refractivity contribution in [2.24, 2.45) is 9.98 Å². The summed E-state index contributed by atoms with van der Waals surface area (Å²) in [5.41, 5.74) is 3.18. The first-order chi connectivity index (χ1) is 12.6. The van der Waals surface area contributed by atoms with Crippen molar-refractivity contribution in [3.63, 3.8) is 0 Å². The lowest BCUT2D eigenvalue weighted by molar-refractivity contribution is 0.129. The first-order valence-corrected chi connectivity index (χ1v) is 8.44. The Morgan fingerprint density at radius 2 is 1.81 bits per heavy atom. The molecule has 26 heavy (non-hydrogen) atoms. The monoisotopic (exact) mass is 373 g/mol. The Morgan fingerprint density at radius 3 is 2.46 bits per heavy atom. The molecule has 2 aromatic rings. The molecule has 0 aliphatic heterocycles. The highest BCUT2D eigenvalue weighted by Crippen LogP contribution is 2.10. The number of aryl methyl sites for hydroxylation is 1. The van der Waals surface area contributed by atoms with Crippen LogP contribution < -0.4 is 5.32 Å². The van der Waals surface area contributed by atoms with Gasteiger partial charge in [-0.3, -0.25) is 4.99 Å². The first kappa shape index (κ1) is 19.8. The largest absolute Gasteiger partial charge is 0.364 e. The molecule has 0 bridgehead atoms. The molecule has 0 aliphatic carbocycles. The van der Waals surface area contributed by atoms with Crippen LogP contribution in [0.2, 0.25) is 5.02 Å². The Labute approximate surface area is 158 Å². The minimum Gasteiger partial charge on any atom is -0.364 e. The molecule has 0 saturated heterocycles. The SMILES string of the molecule is C=N/C(NCc1ccc(Cl)cc1)=C(F)\C=N/COCc1ccc(C)cc1. The molecule has 2 rings (SSSR count). The summed E-state index contributed by atoms with van der Waals surface area (Å²) in [5.74, 6) is -0.574. The molecule has 0 heterocycles. The van der Waals surface area contributed by atoms with Crippen molar-refractivity contribution in [3.8, 4) is 0 Å². The van der Waals surface area contributed by atoms with Gasteiger partial charge in [-0.1, -0.05) is 53.6 Å². The molecule has 0 amide bonds. The molecule has 0 atom stereocenters. The van der Waals surface area contributed by atoms with E-state index in [1.54, 1.807) is 12.1 Å². The normalized spacial score (nSPS) is 12.1. The van der Waals surface area contributed by atoms with Crippen LogP contribution in [-0.2, 0) is 17.9 Å². The maximum absolute atomic E-state index is 14.1. The highest BCUT2D eigenvalue weighted by atomic mass is 35.5. The molecule has 1 N–H and O–H groups in total. The molecule has 0 saturated carbocycles. The number of hydrogen-bond acceptors (Lipinski definition) is 4. The third kappa shape index (κ3) is 6.78. The van der Waals surface area contributed by atoms with E-state index in [1.165, 1.54) is 5.56 Å². The van der Waals surface area contributed by atoms with Gasteiger partial charge in [-0.25, -0.2) is 9.38 Å². The highest BCUT2D eigenvalue weighted by Gasteiger charge is 2.02. The van der Waals surface area contributed by atoms with Gasteiger partial charge in [0.15, 0.2) is 11.6 Å². The third-order valence-corrected chi connectivity index (χ3v) is 3.77. The van der Waals surface area contributed by atoms with E-state index in [9.17, 15) is 4.39 Å². The third-order valence-electron chi connectivity index (χ3n) is 3.52. The maximum atomic E-state index is 14.1. The fourth-order valence-corrected chi connectivity index (χ4v) is 2.21. The number of hydrogen-bond donors (Lipinski definition) is 1. The van der Waals surface area contributed by atoms with E-state index in [4.69, 9.17) is 16.3 Å². The minimum atomic E-state index is -0.604. The quantitative estimate of drug-likeness (QED) is 0.506. The highest BCUT2D eigenvalue weighted by molar-refractivity contribution is 6.30. The average Bonchev–Trinajstić information content (AvgIpc) is 2.65. The topological polar surface area (TPSA) is 46.0 Å². The first-order valence-electron chi connectivity index (χ1n) is 8.06. The summed E-state index contributed by atoms with van der Waals surface area (Å²) in [5, 5.41) is 3.53. The van der Waals surface area contributed by atoms with E-state index in [-0.39, 0.29) is 12.6 Å². The lowest BCUT2D eigenvalue weighted by Gasteiger charge is -2.07. The Hall–Kier alpha value is -2.50. The smallest absolute Gasteiger partial charge is 0.183 e. The van der Waals surface area contributed by atoms with Gasteiger partial charge in [0, 0.05) is 11.6 Å². The second-order valence-corrected chi connectivity index (χ2v) is 6.05. The van der Waals surface area contributed by atoms with Crippen LogP contribution in [0.1, 0.15) is 16.7 Å². The van der Waals surface area contributed by atoms with Gasteiger partial charge in [0.05, 0.1) is 12.8 Å². The summed E-state index contributed by atoms with van der Waals surface area (Å²) < 4.78 is 19.5. The number of benzene rings is 2. The van der Waals surface area contributed by atoms with Crippen molar-refractivity contribution in [2.75, 3.05) is 6.73 Å². The zero-order valence-corrected chi connectivity index (χ0v) is 15.3. The van der Waals surface area contributed by atoms with Crippen LogP contribution in [0.4, 0.5) is 4.39 Å². The van der Waals surface area contributed by atoms with E-state index in [2.05, 4.69) is 22.0 Å². The molecular weight excluding hydrogens is 353 g/mol. The maximum Gasteiger partial charge on any atom is 0.183 e. The molecule has 2 aromatic carbocycles. The molecule has 0 aromatic heterocycles. The summed E-state index contributed by atoms with van der Waals surface area (Å²) >= 11 is 5.83. The van der Waals surface area contributed by atoms with Crippen molar-refractivity contribution >= 4 is 24.5 Å². The van der Waals surface area contributed by atoms with Gasteiger partial charge < -0.3 is 10.1 Å². The van der Waals surface area contributed by atoms with Gasteiger partial charge in [0.25, 0.3) is 0 Å². The molecule has 4 nitrogen and oxygen atoms in total. The molecule has 0 spiro atoms. The fraction of sp³-hybridized carbons (Fsp3) is 0.200. The summed E-state index contributed by atoms with van der Waals surface area (Å²) in [6.07, 6.45) is 1.08. The van der Waals surface area contributed by atoms with E-state index >= 15 is 0 Å². The molecule has 0 unspecified atom stereocenters. The second kappa shape index (κ2) is 10.5.